The van der Waals surface area contributed by atoms with Gasteiger partial charge in [-0.05, 0) is 85.8 Å². The summed E-state index contributed by atoms with van der Waals surface area (Å²) in [6, 6.07) is -10.1. The molecule has 2 aromatic carbocycles. The lowest BCUT2D eigenvalue weighted by molar-refractivity contribution is -0.164. The molecular formula is C71H93F13N12O13. The summed E-state index contributed by atoms with van der Waals surface area (Å²) in [4.78, 5) is 184. The van der Waals surface area contributed by atoms with Crippen LogP contribution in [0.2, 0.25) is 0 Å². The van der Waals surface area contributed by atoms with Gasteiger partial charge in [0, 0.05) is 75.3 Å². The highest BCUT2D eigenvalue weighted by molar-refractivity contribution is 6.01. The molecule has 3 heterocycles. The number of rotatable bonds is 10. The van der Waals surface area contributed by atoms with Crippen LogP contribution in [0.4, 0.5) is 57.1 Å². The van der Waals surface area contributed by atoms with Gasteiger partial charge in [-0.2, -0.15) is 39.5 Å². The topological polar surface area (TPSA) is 279 Å². The van der Waals surface area contributed by atoms with Crippen LogP contribution in [-0.2, 0) is 87.5 Å². The average Bonchev–Trinajstić information content (AvgIpc) is 1.73. The number of halogens is 13. The van der Waals surface area contributed by atoms with Crippen molar-refractivity contribution in [2.75, 3.05) is 102 Å². The van der Waals surface area contributed by atoms with E-state index in [9.17, 15) is 77.9 Å². The third-order valence-electron chi connectivity index (χ3n) is 21.2. The highest BCUT2D eigenvalue weighted by Gasteiger charge is 2.56. The largest absolute Gasteiger partial charge is 0.422 e. The number of nitrogens with zero attached hydrogens (tertiary/aromatic N) is 9. The summed E-state index contributed by atoms with van der Waals surface area (Å²) >= 11 is 0. The second-order valence-corrected chi connectivity index (χ2v) is 29.0. The van der Waals surface area contributed by atoms with Gasteiger partial charge >= 0.3 is 18.5 Å². The summed E-state index contributed by atoms with van der Waals surface area (Å²) in [7, 11) is 7.32. The molecule has 38 heteroatoms. The predicted molar refractivity (Wildman–Crippen MR) is 361 cm³/mol. The average molecular weight is 1570 g/mol. The summed E-state index contributed by atoms with van der Waals surface area (Å²) < 4.78 is 195. The molecule has 109 heavy (non-hydrogen) atoms. The molecular weight excluding hydrogens is 1480 g/mol. The van der Waals surface area contributed by atoms with Crippen LogP contribution in [0.25, 0.3) is 0 Å². The number of aryl methyl sites for hydroxylation is 1. The fourth-order valence-electron chi connectivity index (χ4n) is 14.6. The number of benzene rings is 2. The molecule has 3 N–H and O–H groups in total. The zero-order chi connectivity index (χ0) is 81.3. The summed E-state index contributed by atoms with van der Waals surface area (Å²) in [6.45, 7) is -1.82. The second kappa shape index (κ2) is 35.9. The minimum atomic E-state index is -5.55. The SMILES string of the molecule is CC[C@H](C)[C@@H]1NC(=O)[C@H](CC(F)(F)F)N(C)C(=O)C[C@@H](C(=O)N2CCOCC2)N(C)C(=O)[C@H](C2CCCCC2)N(C)C(=O)C2(CCCC2)NC(=O)C2CC(F)(F)CN2C(=O)[C@H](CCc2cc(F)c(C(F)(F)F)c(F)c2)NC(=O)CN(C)C(=O)[C@H](Cc2ccc(C(F)(F)F)cc2)N(C)C(=O)CN(C)C(=O)CN(C)C1=O. The number of alkyl halides is 11. The van der Waals surface area contributed by atoms with Crippen LogP contribution in [-0.4, -0.2) is 277 Å². The zero-order valence-electron chi connectivity index (χ0n) is 61.9. The maximum atomic E-state index is 16.1. The van der Waals surface area contributed by atoms with Gasteiger partial charge in [0.25, 0.3) is 5.92 Å². The Morgan fingerprint density at radius 1 is 0.624 bits per heavy atom. The van der Waals surface area contributed by atoms with E-state index in [1.165, 1.54) is 18.9 Å². The Balaban J connectivity index is 1.34. The molecule has 606 valence electrons. The van der Waals surface area contributed by atoms with Crippen molar-refractivity contribution < 1.29 is 119 Å². The van der Waals surface area contributed by atoms with Crippen molar-refractivity contribution in [3.8, 4) is 0 Å². The number of amides is 12. The minimum Gasteiger partial charge on any atom is -0.378 e. The van der Waals surface area contributed by atoms with E-state index in [0.29, 0.717) is 46.1 Å². The van der Waals surface area contributed by atoms with Crippen molar-refractivity contribution >= 4 is 70.9 Å². The van der Waals surface area contributed by atoms with Gasteiger partial charge in [0.05, 0.1) is 57.8 Å². The molecule has 1 spiro atoms. The molecule has 2 aliphatic carbocycles. The molecule has 0 aromatic heterocycles. The predicted octanol–water partition coefficient (Wildman–Crippen LogP) is 5.34. The molecule has 2 saturated carbocycles. The molecule has 0 bridgehead atoms. The number of hydrogen-bond acceptors (Lipinski definition) is 13. The van der Waals surface area contributed by atoms with E-state index in [2.05, 4.69) is 16.0 Å². The van der Waals surface area contributed by atoms with E-state index in [1.54, 1.807) is 6.92 Å². The molecule has 5 fully saturated rings. The maximum absolute atomic E-state index is 16.1. The molecule has 8 atom stereocenters. The Morgan fingerprint density at radius 2 is 1.19 bits per heavy atom. The first-order valence-corrected chi connectivity index (χ1v) is 35.7. The maximum Gasteiger partial charge on any atom is 0.422 e. The normalized spacial score (nSPS) is 25.4. The van der Waals surface area contributed by atoms with Gasteiger partial charge in [-0.1, -0.05) is 64.5 Å². The number of hydrogen-bond donors (Lipinski definition) is 3. The van der Waals surface area contributed by atoms with E-state index < -0.39 is 248 Å². The first kappa shape index (κ1) is 87.4. The highest BCUT2D eigenvalue weighted by Crippen LogP contribution is 2.40. The lowest BCUT2D eigenvalue weighted by Crippen LogP contribution is -2.65. The number of carbonyl (C=O) groups excluding carboxylic acids is 12. The number of ether oxygens (including phenoxy) is 1. The highest BCUT2D eigenvalue weighted by atomic mass is 19.4. The van der Waals surface area contributed by atoms with Crippen LogP contribution in [0.5, 0.6) is 0 Å². The van der Waals surface area contributed by atoms with Crippen LogP contribution in [0.15, 0.2) is 36.4 Å². The molecule has 3 aliphatic heterocycles. The van der Waals surface area contributed by atoms with Crippen molar-refractivity contribution in [2.24, 2.45) is 11.8 Å². The molecule has 1 unspecified atom stereocenters. The number of carbonyl (C=O) groups is 12. The Bertz CT molecular complexity index is 3660. The summed E-state index contributed by atoms with van der Waals surface area (Å²) in [5, 5.41) is 7.16. The van der Waals surface area contributed by atoms with Gasteiger partial charge < -0.3 is 64.8 Å². The first-order chi connectivity index (χ1) is 50.7. The van der Waals surface area contributed by atoms with E-state index in [1.807, 2.05) is 0 Å². The number of fused-ring (bicyclic) bond motifs is 1. The molecule has 12 amide bonds. The number of nitrogens with one attached hydrogen (secondary N) is 3. The van der Waals surface area contributed by atoms with Crippen molar-refractivity contribution in [1.29, 1.82) is 0 Å². The second-order valence-electron chi connectivity index (χ2n) is 29.0. The van der Waals surface area contributed by atoms with Crippen LogP contribution >= 0.6 is 0 Å². The Hall–Kier alpha value is -8.87. The van der Waals surface area contributed by atoms with Gasteiger partial charge in [-0.15, -0.1) is 0 Å². The Labute approximate surface area is 621 Å². The fourth-order valence-corrected chi connectivity index (χ4v) is 14.6. The minimum absolute atomic E-state index is 0.0252. The van der Waals surface area contributed by atoms with E-state index in [-0.39, 0.29) is 88.9 Å². The molecule has 5 aliphatic rings. The van der Waals surface area contributed by atoms with Gasteiger partial charge in [-0.3, -0.25) is 57.5 Å². The first-order valence-electron chi connectivity index (χ1n) is 35.7. The van der Waals surface area contributed by atoms with Gasteiger partial charge in [0.1, 0.15) is 65.0 Å². The van der Waals surface area contributed by atoms with Crippen LogP contribution < -0.4 is 16.0 Å². The van der Waals surface area contributed by atoms with E-state index in [0.717, 1.165) is 78.9 Å². The zero-order valence-corrected chi connectivity index (χ0v) is 61.9. The summed E-state index contributed by atoms with van der Waals surface area (Å²) in [5.41, 5.74) is -6.08. The van der Waals surface area contributed by atoms with Crippen LogP contribution in [0.3, 0.4) is 0 Å². The fraction of sp³-hybridized carbons (Fsp3) is 0.662. The van der Waals surface area contributed by atoms with Crippen molar-refractivity contribution in [1.82, 2.24) is 60.0 Å². The summed E-state index contributed by atoms with van der Waals surface area (Å²) in [6.07, 6.45) is -20.3. The van der Waals surface area contributed by atoms with Gasteiger partial charge in [0.2, 0.25) is 70.9 Å². The quantitative estimate of drug-likeness (QED) is 0.254. The van der Waals surface area contributed by atoms with E-state index >= 15 is 36.7 Å². The summed E-state index contributed by atoms with van der Waals surface area (Å²) in [5.74, 6) is -24.1. The molecule has 25 nitrogen and oxygen atoms in total. The van der Waals surface area contributed by atoms with Crippen molar-refractivity contribution in [3.63, 3.8) is 0 Å². The number of morpholine rings is 1. The van der Waals surface area contributed by atoms with Crippen LogP contribution in [0, 0.1) is 23.5 Å². The Kier molecular flexibility index (Phi) is 28.7. The smallest absolute Gasteiger partial charge is 0.378 e. The third kappa shape index (κ3) is 21.8. The van der Waals surface area contributed by atoms with Crippen LogP contribution in [0.1, 0.15) is 126 Å². The van der Waals surface area contributed by atoms with Gasteiger partial charge in [-0.25, -0.2) is 17.6 Å². The van der Waals surface area contributed by atoms with Crippen molar-refractivity contribution in [2.45, 2.75) is 189 Å². The Morgan fingerprint density at radius 3 is 1.75 bits per heavy atom. The molecule has 3 saturated heterocycles. The number of likely N-dealkylation sites (N-methyl/N-ethyl adjacent to an activating group) is 7. The molecule has 2 aromatic rings. The van der Waals surface area contributed by atoms with Crippen molar-refractivity contribution in [3.05, 3.63) is 70.3 Å². The van der Waals surface area contributed by atoms with Gasteiger partial charge in [0.15, 0.2) is 0 Å². The third-order valence-corrected chi connectivity index (χ3v) is 21.2. The lowest BCUT2D eigenvalue weighted by Gasteiger charge is -2.43. The molecule has 0 radical (unpaired) electrons. The lowest BCUT2D eigenvalue weighted by atomic mass is 9.81. The molecule has 7 rings (SSSR count). The van der Waals surface area contributed by atoms with E-state index in [4.69, 9.17) is 4.74 Å². The monoisotopic (exact) mass is 1570 g/mol. The standard InChI is InChI=1S/C71H93F13N12O13/c1-10-40(2)57-64(106)90(5)37-54(99)88(3)38-55(100)91(6)48(32-41-18-21-44(22-19-41)70(79,80)81)62(104)89(4)36-52(97)85-47(23-20-42-30-45(72)56(46(73)31-42)71(82,83)84)61(103)96-39-68(74,75)34-51(96)60(102)87-67(24-14-15-25-67)66(108)94(9)58(43-16-12-11-13-17-43)65(107)93(8)49(63(105)95-26-28-109-29-27-95)33-53(98)92(7)50(59(101)86-57)35-69(76,77)78/h18-19,21-22,30-31,40,43,47-51,57-58H,10-17,20,23-29,32-39H2,1-9H3,(H,85,97)(H,86,101)(H,87,102)/t40-,47-,48-,49-,50-,51?,57-,58-/m0/s1.